The Morgan fingerprint density at radius 1 is 0.964 bits per heavy atom. The molecule has 28 heavy (non-hydrogen) atoms. The molecule has 2 saturated heterocycles. The van der Waals surface area contributed by atoms with Crippen LogP contribution in [0.2, 0.25) is 0 Å². The van der Waals surface area contributed by atoms with Gasteiger partial charge in [0.05, 0.1) is 6.61 Å². The minimum absolute atomic E-state index is 0.787. The number of aryl methyl sites for hydroxylation is 1. The summed E-state index contributed by atoms with van der Waals surface area (Å²) >= 11 is 0. The molecule has 0 unspecified atom stereocenters. The zero-order valence-corrected chi connectivity index (χ0v) is 18.0. The van der Waals surface area contributed by atoms with Gasteiger partial charge in [-0.25, -0.2) is 0 Å². The quantitative estimate of drug-likeness (QED) is 0.655. The monoisotopic (exact) mass is 384 g/mol. The molecular formula is C25H40N2O. The average molecular weight is 385 g/mol. The van der Waals surface area contributed by atoms with E-state index in [1.807, 2.05) is 0 Å². The molecule has 0 amide bonds. The molecule has 1 aliphatic carbocycles. The molecule has 3 aliphatic rings. The highest BCUT2D eigenvalue weighted by Crippen LogP contribution is 2.28. The lowest BCUT2D eigenvalue weighted by atomic mass is 9.94. The molecule has 3 nitrogen and oxygen atoms in total. The second-order valence-electron chi connectivity index (χ2n) is 9.58. The molecule has 1 aromatic carbocycles. The molecule has 3 heteroatoms. The van der Waals surface area contributed by atoms with Crippen LogP contribution in [0.5, 0.6) is 0 Å². The van der Waals surface area contributed by atoms with Crippen LogP contribution >= 0.6 is 0 Å². The van der Waals surface area contributed by atoms with Gasteiger partial charge in [-0.3, -0.25) is 4.90 Å². The number of piperidine rings is 1. The predicted octanol–water partition coefficient (Wildman–Crippen LogP) is 4.53. The average Bonchev–Trinajstić information content (AvgIpc) is 3.42. The standard InChI is InChI=1S/C25H40N2O/c1-21-6-2-3-7-24(21)12-16-26-14-10-22(11-15-26)18-27(25-8-4-5-9-25)19-23-13-17-28-20-23/h2-3,6-7,22-23,25H,4-5,8-20H2,1H3/t23-/m0/s1. The highest BCUT2D eigenvalue weighted by Gasteiger charge is 2.29. The van der Waals surface area contributed by atoms with Crippen molar-refractivity contribution in [3.8, 4) is 0 Å². The summed E-state index contributed by atoms with van der Waals surface area (Å²) in [5.41, 5.74) is 2.97. The maximum atomic E-state index is 5.66. The summed E-state index contributed by atoms with van der Waals surface area (Å²) in [5, 5.41) is 0. The Morgan fingerprint density at radius 3 is 2.43 bits per heavy atom. The second kappa shape index (κ2) is 10.2. The van der Waals surface area contributed by atoms with Crippen molar-refractivity contribution in [3.05, 3.63) is 35.4 Å². The molecule has 0 N–H and O–H groups in total. The van der Waals surface area contributed by atoms with Crippen molar-refractivity contribution in [3.63, 3.8) is 0 Å². The van der Waals surface area contributed by atoms with E-state index in [-0.39, 0.29) is 0 Å². The van der Waals surface area contributed by atoms with Gasteiger partial charge < -0.3 is 9.64 Å². The van der Waals surface area contributed by atoms with E-state index in [0.717, 1.165) is 31.1 Å². The van der Waals surface area contributed by atoms with Crippen molar-refractivity contribution >= 4 is 0 Å². The summed E-state index contributed by atoms with van der Waals surface area (Å²) < 4.78 is 5.66. The van der Waals surface area contributed by atoms with Crippen molar-refractivity contribution in [1.82, 2.24) is 9.80 Å². The summed E-state index contributed by atoms with van der Waals surface area (Å²) in [6.07, 6.45) is 11.0. The summed E-state index contributed by atoms with van der Waals surface area (Å²) in [6, 6.07) is 9.74. The molecule has 2 aliphatic heterocycles. The maximum Gasteiger partial charge on any atom is 0.0507 e. The molecule has 4 rings (SSSR count). The molecule has 156 valence electrons. The highest BCUT2D eigenvalue weighted by atomic mass is 16.5. The summed E-state index contributed by atoms with van der Waals surface area (Å²) in [4.78, 5) is 5.59. The van der Waals surface area contributed by atoms with Crippen molar-refractivity contribution in [1.29, 1.82) is 0 Å². The van der Waals surface area contributed by atoms with Crippen LogP contribution in [-0.4, -0.2) is 61.8 Å². The molecule has 1 aromatic rings. The van der Waals surface area contributed by atoms with Crippen LogP contribution in [0.25, 0.3) is 0 Å². The lowest BCUT2D eigenvalue weighted by Gasteiger charge is -2.38. The lowest BCUT2D eigenvalue weighted by Crippen LogP contribution is -2.44. The smallest absolute Gasteiger partial charge is 0.0507 e. The number of hydrogen-bond acceptors (Lipinski definition) is 3. The van der Waals surface area contributed by atoms with Crippen LogP contribution in [0.4, 0.5) is 0 Å². The van der Waals surface area contributed by atoms with E-state index in [1.54, 1.807) is 0 Å². The van der Waals surface area contributed by atoms with Crippen molar-refractivity contribution in [2.45, 2.75) is 64.3 Å². The van der Waals surface area contributed by atoms with Crippen molar-refractivity contribution in [2.24, 2.45) is 11.8 Å². The van der Waals surface area contributed by atoms with Crippen molar-refractivity contribution in [2.75, 3.05) is 45.9 Å². The number of ether oxygens (including phenoxy) is 1. The summed E-state index contributed by atoms with van der Waals surface area (Å²) in [5.74, 6) is 1.69. The fraction of sp³-hybridized carbons (Fsp3) is 0.760. The number of benzene rings is 1. The minimum atomic E-state index is 0.787. The van der Waals surface area contributed by atoms with E-state index in [9.17, 15) is 0 Å². The third kappa shape index (κ3) is 5.58. The van der Waals surface area contributed by atoms with Crippen LogP contribution in [0.1, 0.15) is 56.1 Å². The Morgan fingerprint density at radius 2 is 1.71 bits per heavy atom. The van der Waals surface area contributed by atoms with Crippen LogP contribution in [0.15, 0.2) is 24.3 Å². The Labute approximate surface area is 172 Å². The zero-order valence-electron chi connectivity index (χ0n) is 18.0. The SMILES string of the molecule is Cc1ccccc1CCN1CCC(CN(C[C@@H]2CCOC2)C2CCCC2)CC1. The second-order valence-corrected chi connectivity index (χ2v) is 9.58. The van der Waals surface area contributed by atoms with Gasteiger partial charge in [0.1, 0.15) is 0 Å². The Kier molecular flexibility index (Phi) is 7.44. The van der Waals surface area contributed by atoms with Gasteiger partial charge in [-0.15, -0.1) is 0 Å². The number of likely N-dealkylation sites (tertiary alicyclic amines) is 1. The first-order chi connectivity index (χ1) is 13.8. The molecule has 0 bridgehead atoms. The van der Waals surface area contributed by atoms with Gasteiger partial charge >= 0.3 is 0 Å². The first-order valence-electron chi connectivity index (χ1n) is 11.9. The maximum absolute atomic E-state index is 5.66. The Bertz CT molecular complexity index is 584. The third-order valence-corrected chi connectivity index (χ3v) is 7.52. The van der Waals surface area contributed by atoms with E-state index < -0.39 is 0 Å². The molecular weight excluding hydrogens is 344 g/mol. The fourth-order valence-electron chi connectivity index (χ4n) is 5.59. The van der Waals surface area contributed by atoms with E-state index in [0.29, 0.717) is 0 Å². The Hall–Kier alpha value is -0.900. The number of nitrogens with zero attached hydrogens (tertiary/aromatic N) is 2. The van der Waals surface area contributed by atoms with E-state index in [1.165, 1.54) is 95.2 Å². The predicted molar refractivity (Wildman–Crippen MR) is 117 cm³/mol. The first-order valence-corrected chi connectivity index (χ1v) is 11.9. The largest absolute Gasteiger partial charge is 0.381 e. The summed E-state index contributed by atoms with van der Waals surface area (Å²) in [7, 11) is 0. The van der Waals surface area contributed by atoms with E-state index >= 15 is 0 Å². The molecule has 3 fully saturated rings. The van der Waals surface area contributed by atoms with Crippen LogP contribution in [0, 0.1) is 18.8 Å². The summed E-state index contributed by atoms with van der Waals surface area (Å²) in [6.45, 7) is 10.7. The van der Waals surface area contributed by atoms with E-state index in [2.05, 4.69) is 41.0 Å². The highest BCUT2D eigenvalue weighted by molar-refractivity contribution is 5.25. The van der Waals surface area contributed by atoms with Gasteiger partial charge in [0, 0.05) is 32.3 Å². The molecule has 0 aromatic heterocycles. The minimum Gasteiger partial charge on any atom is -0.381 e. The zero-order chi connectivity index (χ0) is 19.2. The van der Waals surface area contributed by atoms with Gasteiger partial charge in [-0.05, 0) is 81.5 Å². The topological polar surface area (TPSA) is 15.7 Å². The van der Waals surface area contributed by atoms with Gasteiger partial charge in [0.15, 0.2) is 0 Å². The lowest BCUT2D eigenvalue weighted by molar-refractivity contribution is 0.0992. The van der Waals surface area contributed by atoms with E-state index in [4.69, 9.17) is 4.74 Å². The fourth-order valence-corrected chi connectivity index (χ4v) is 5.59. The van der Waals surface area contributed by atoms with Gasteiger partial charge in [-0.1, -0.05) is 37.1 Å². The van der Waals surface area contributed by atoms with Crippen LogP contribution in [0.3, 0.4) is 0 Å². The Balaban J connectivity index is 1.23. The van der Waals surface area contributed by atoms with Crippen molar-refractivity contribution < 1.29 is 4.74 Å². The molecule has 1 saturated carbocycles. The molecule has 0 radical (unpaired) electrons. The van der Waals surface area contributed by atoms with Gasteiger partial charge in [-0.2, -0.15) is 0 Å². The number of hydrogen-bond donors (Lipinski definition) is 0. The van der Waals surface area contributed by atoms with Gasteiger partial charge in [0.2, 0.25) is 0 Å². The van der Waals surface area contributed by atoms with Gasteiger partial charge in [0.25, 0.3) is 0 Å². The normalized spacial score (nSPS) is 25.1. The van der Waals surface area contributed by atoms with Crippen LogP contribution < -0.4 is 0 Å². The molecule has 0 spiro atoms. The molecule has 1 atom stereocenters. The third-order valence-electron chi connectivity index (χ3n) is 7.52. The first kappa shape index (κ1) is 20.4. The van der Waals surface area contributed by atoms with Crippen LogP contribution in [-0.2, 0) is 11.2 Å². The number of rotatable bonds is 8. The molecule has 2 heterocycles.